The number of pyridine rings is 1. The fourth-order valence-electron chi connectivity index (χ4n) is 2.02. The van der Waals surface area contributed by atoms with Crippen molar-refractivity contribution in [2.45, 2.75) is 13.3 Å². The quantitative estimate of drug-likeness (QED) is 0.808. The van der Waals surface area contributed by atoms with Gasteiger partial charge < -0.3 is 10.6 Å². The molecule has 5 heteroatoms. The van der Waals surface area contributed by atoms with Gasteiger partial charge in [0.1, 0.15) is 17.6 Å². The van der Waals surface area contributed by atoms with Gasteiger partial charge in [-0.25, -0.2) is 4.98 Å². The van der Waals surface area contributed by atoms with E-state index >= 15 is 0 Å². The van der Waals surface area contributed by atoms with E-state index in [0.717, 1.165) is 18.8 Å². The van der Waals surface area contributed by atoms with E-state index in [-0.39, 0.29) is 5.91 Å². The Hall–Kier alpha value is -2.09. The van der Waals surface area contributed by atoms with Crippen molar-refractivity contribution >= 4 is 11.7 Å². The van der Waals surface area contributed by atoms with Gasteiger partial charge in [0.2, 0.25) is 5.91 Å². The molecule has 1 aliphatic heterocycles. The number of hydrogen-bond acceptors (Lipinski definition) is 4. The number of amides is 1. The van der Waals surface area contributed by atoms with Crippen molar-refractivity contribution in [2.24, 2.45) is 11.1 Å². The van der Waals surface area contributed by atoms with Gasteiger partial charge in [0.25, 0.3) is 0 Å². The monoisotopic (exact) mass is 230 g/mol. The van der Waals surface area contributed by atoms with Crippen molar-refractivity contribution in [2.75, 3.05) is 18.0 Å². The number of anilines is 1. The van der Waals surface area contributed by atoms with Crippen LogP contribution in [0.1, 0.15) is 19.0 Å². The van der Waals surface area contributed by atoms with E-state index in [2.05, 4.69) is 4.98 Å². The lowest BCUT2D eigenvalue weighted by Crippen LogP contribution is -2.37. The Balaban J connectivity index is 2.21. The fourth-order valence-corrected chi connectivity index (χ4v) is 2.02. The SMILES string of the molecule is CC1(C(N)=O)CCN(c2cccc(C#N)n2)C1. The van der Waals surface area contributed by atoms with Crippen LogP contribution in [-0.4, -0.2) is 24.0 Å². The van der Waals surface area contributed by atoms with E-state index < -0.39 is 5.41 Å². The molecule has 0 radical (unpaired) electrons. The number of nitrogens with zero attached hydrogens (tertiary/aromatic N) is 3. The average molecular weight is 230 g/mol. The van der Waals surface area contributed by atoms with E-state index in [9.17, 15) is 4.79 Å². The summed E-state index contributed by atoms with van der Waals surface area (Å²) in [6, 6.07) is 7.30. The van der Waals surface area contributed by atoms with Gasteiger partial charge in [-0.1, -0.05) is 6.07 Å². The summed E-state index contributed by atoms with van der Waals surface area (Å²) in [6.45, 7) is 3.16. The van der Waals surface area contributed by atoms with Crippen LogP contribution in [0.3, 0.4) is 0 Å². The number of carbonyl (C=O) groups excluding carboxylic acids is 1. The number of rotatable bonds is 2. The molecule has 1 amide bonds. The second kappa shape index (κ2) is 4.06. The van der Waals surface area contributed by atoms with Crippen LogP contribution in [-0.2, 0) is 4.79 Å². The molecular formula is C12H14N4O. The molecule has 17 heavy (non-hydrogen) atoms. The molecule has 1 aromatic heterocycles. The Kier molecular flexibility index (Phi) is 2.72. The molecule has 1 atom stereocenters. The fraction of sp³-hybridized carbons (Fsp3) is 0.417. The van der Waals surface area contributed by atoms with E-state index in [0.29, 0.717) is 12.2 Å². The Morgan fingerprint density at radius 2 is 2.41 bits per heavy atom. The second-order valence-electron chi connectivity index (χ2n) is 4.59. The average Bonchev–Trinajstić information content (AvgIpc) is 2.74. The van der Waals surface area contributed by atoms with Crippen LogP contribution < -0.4 is 10.6 Å². The van der Waals surface area contributed by atoms with E-state index in [1.807, 2.05) is 24.0 Å². The van der Waals surface area contributed by atoms with Crippen molar-refractivity contribution in [3.8, 4) is 6.07 Å². The molecule has 5 nitrogen and oxygen atoms in total. The predicted molar refractivity (Wildman–Crippen MR) is 63.1 cm³/mol. The van der Waals surface area contributed by atoms with E-state index in [1.165, 1.54) is 0 Å². The first-order valence-electron chi connectivity index (χ1n) is 5.47. The zero-order valence-electron chi connectivity index (χ0n) is 9.68. The van der Waals surface area contributed by atoms with Crippen LogP contribution in [0, 0.1) is 16.7 Å². The Morgan fingerprint density at radius 3 is 3.00 bits per heavy atom. The smallest absolute Gasteiger partial charge is 0.225 e. The van der Waals surface area contributed by atoms with Gasteiger partial charge in [-0.15, -0.1) is 0 Å². The van der Waals surface area contributed by atoms with Crippen molar-refractivity contribution in [3.63, 3.8) is 0 Å². The molecule has 0 aromatic carbocycles. The molecule has 1 aliphatic rings. The van der Waals surface area contributed by atoms with Crippen molar-refractivity contribution in [3.05, 3.63) is 23.9 Å². The summed E-state index contributed by atoms with van der Waals surface area (Å²) < 4.78 is 0. The standard InChI is InChI=1S/C12H14N4O/c1-12(11(14)17)5-6-16(8-12)10-4-2-3-9(7-13)15-10/h2-4H,5-6,8H2,1H3,(H2,14,17). The molecular weight excluding hydrogens is 216 g/mol. The Bertz CT molecular complexity index is 494. The zero-order valence-corrected chi connectivity index (χ0v) is 9.68. The molecule has 0 saturated carbocycles. The Labute approximate surface area is 99.9 Å². The lowest BCUT2D eigenvalue weighted by Gasteiger charge is -2.21. The summed E-state index contributed by atoms with van der Waals surface area (Å²) in [5.74, 6) is 0.450. The molecule has 2 N–H and O–H groups in total. The van der Waals surface area contributed by atoms with Crippen LogP contribution in [0.2, 0.25) is 0 Å². The van der Waals surface area contributed by atoms with Gasteiger partial charge >= 0.3 is 0 Å². The molecule has 1 fully saturated rings. The largest absolute Gasteiger partial charge is 0.369 e. The second-order valence-corrected chi connectivity index (χ2v) is 4.59. The number of carbonyl (C=O) groups is 1. The summed E-state index contributed by atoms with van der Waals surface area (Å²) in [6.07, 6.45) is 0.723. The predicted octanol–water partition coefficient (Wildman–Crippen LogP) is 0.655. The number of nitrogens with two attached hydrogens (primary N) is 1. The van der Waals surface area contributed by atoms with Gasteiger partial charge in [0, 0.05) is 13.1 Å². The number of hydrogen-bond donors (Lipinski definition) is 1. The van der Waals surface area contributed by atoms with Crippen molar-refractivity contribution < 1.29 is 4.79 Å². The Morgan fingerprint density at radius 1 is 1.65 bits per heavy atom. The minimum absolute atomic E-state index is 0.281. The number of primary amides is 1. The van der Waals surface area contributed by atoms with E-state index in [4.69, 9.17) is 11.0 Å². The first-order valence-corrected chi connectivity index (χ1v) is 5.47. The lowest BCUT2D eigenvalue weighted by atomic mass is 9.89. The topological polar surface area (TPSA) is 83.0 Å². The molecule has 88 valence electrons. The highest BCUT2D eigenvalue weighted by atomic mass is 16.1. The lowest BCUT2D eigenvalue weighted by molar-refractivity contribution is -0.125. The number of nitriles is 1. The normalized spacial score (nSPS) is 23.4. The molecule has 2 heterocycles. The van der Waals surface area contributed by atoms with Crippen LogP contribution in [0.4, 0.5) is 5.82 Å². The van der Waals surface area contributed by atoms with Gasteiger partial charge in [-0.2, -0.15) is 5.26 Å². The zero-order chi connectivity index (χ0) is 12.5. The van der Waals surface area contributed by atoms with E-state index in [1.54, 1.807) is 12.1 Å². The van der Waals surface area contributed by atoms with Gasteiger partial charge in [-0.05, 0) is 25.5 Å². The van der Waals surface area contributed by atoms with Crippen LogP contribution in [0.5, 0.6) is 0 Å². The van der Waals surface area contributed by atoms with Gasteiger partial charge in [0.15, 0.2) is 0 Å². The first-order chi connectivity index (χ1) is 8.05. The van der Waals surface area contributed by atoms with Crippen LogP contribution in [0.25, 0.3) is 0 Å². The van der Waals surface area contributed by atoms with Crippen molar-refractivity contribution in [1.29, 1.82) is 5.26 Å². The highest BCUT2D eigenvalue weighted by molar-refractivity contribution is 5.82. The highest BCUT2D eigenvalue weighted by Gasteiger charge is 2.39. The highest BCUT2D eigenvalue weighted by Crippen LogP contribution is 2.31. The molecule has 1 aromatic rings. The molecule has 2 rings (SSSR count). The van der Waals surface area contributed by atoms with Gasteiger partial charge in [0.05, 0.1) is 5.41 Å². The maximum atomic E-state index is 11.3. The summed E-state index contributed by atoms with van der Waals surface area (Å²) in [4.78, 5) is 17.5. The third-order valence-corrected chi connectivity index (χ3v) is 3.24. The van der Waals surface area contributed by atoms with Crippen molar-refractivity contribution in [1.82, 2.24) is 4.98 Å². The third-order valence-electron chi connectivity index (χ3n) is 3.24. The maximum Gasteiger partial charge on any atom is 0.225 e. The molecule has 1 unspecified atom stereocenters. The number of aromatic nitrogens is 1. The maximum absolute atomic E-state index is 11.3. The first kappa shape index (κ1) is 11.4. The molecule has 0 bridgehead atoms. The summed E-state index contributed by atoms with van der Waals surface area (Å²) in [5, 5.41) is 8.79. The molecule has 0 aliphatic carbocycles. The van der Waals surface area contributed by atoms with Gasteiger partial charge in [-0.3, -0.25) is 4.79 Å². The summed E-state index contributed by atoms with van der Waals surface area (Å²) in [5.41, 5.74) is 5.28. The minimum Gasteiger partial charge on any atom is -0.369 e. The molecule has 0 spiro atoms. The minimum atomic E-state index is -0.496. The van der Waals surface area contributed by atoms with Crippen LogP contribution in [0.15, 0.2) is 18.2 Å². The summed E-state index contributed by atoms with van der Waals surface area (Å²) >= 11 is 0. The molecule has 1 saturated heterocycles. The third kappa shape index (κ3) is 2.07. The summed E-state index contributed by atoms with van der Waals surface area (Å²) in [7, 11) is 0. The van der Waals surface area contributed by atoms with Crippen LogP contribution >= 0.6 is 0 Å².